The van der Waals surface area contributed by atoms with Crippen molar-refractivity contribution in [3.63, 3.8) is 0 Å². The van der Waals surface area contributed by atoms with Crippen molar-refractivity contribution in [2.45, 2.75) is 43.4 Å². The molecule has 1 aliphatic rings. The first-order valence-electron chi connectivity index (χ1n) is 6.78. The fourth-order valence-corrected chi connectivity index (χ4v) is 3.67. The number of halogens is 2. The summed E-state index contributed by atoms with van der Waals surface area (Å²) in [6.45, 7) is 0.816. The molecule has 0 bridgehead atoms. The van der Waals surface area contributed by atoms with Crippen LogP contribution in [0.5, 0.6) is 5.75 Å². The Kier molecular flexibility index (Phi) is 6.03. The van der Waals surface area contributed by atoms with Gasteiger partial charge < -0.3 is 4.74 Å². The molecule has 1 aromatic carbocycles. The second-order valence-corrected chi connectivity index (χ2v) is 7.10. The van der Waals surface area contributed by atoms with Gasteiger partial charge in [-0.25, -0.2) is 0 Å². The van der Waals surface area contributed by atoms with Crippen LogP contribution in [0.15, 0.2) is 28.7 Å². The van der Waals surface area contributed by atoms with E-state index in [1.54, 1.807) is 0 Å². The zero-order valence-corrected chi connectivity index (χ0v) is 13.8. The molecular weight excluding hydrogens is 356 g/mol. The highest BCUT2D eigenvalue weighted by Crippen LogP contribution is 2.33. The number of benzene rings is 1. The topological polar surface area (TPSA) is 9.23 Å². The smallest absolute Gasteiger partial charge is 0.119 e. The van der Waals surface area contributed by atoms with Crippen molar-refractivity contribution >= 4 is 31.9 Å². The lowest BCUT2D eigenvalue weighted by Gasteiger charge is -2.16. The van der Waals surface area contributed by atoms with Gasteiger partial charge in [0.25, 0.3) is 0 Å². The van der Waals surface area contributed by atoms with Gasteiger partial charge in [0.05, 0.1) is 6.61 Å². The molecule has 2 rings (SSSR count). The number of alkyl halides is 1. The third kappa shape index (κ3) is 4.58. The number of hydrogen-bond donors (Lipinski definition) is 0. The van der Waals surface area contributed by atoms with Crippen molar-refractivity contribution in [3.05, 3.63) is 28.7 Å². The van der Waals surface area contributed by atoms with Crippen molar-refractivity contribution in [1.29, 1.82) is 0 Å². The van der Waals surface area contributed by atoms with Crippen LogP contribution in [0.4, 0.5) is 0 Å². The van der Waals surface area contributed by atoms with Gasteiger partial charge in [-0.2, -0.15) is 0 Å². The van der Waals surface area contributed by atoms with Gasteiger partial charge in [0.15, 0.2) is 0 Å². The molecule has 1 aliphatic carbocycles. The molecule has 3 heteroatoms. The molecule has 1 aromatic rings. The third-order valence-corrected chi connectivity index (χ3v) is 5.35. The first-order valence-corrected chi connectivity index (χ1v) is 8.49. The molecule has 100 valence electrons. The van der Waals surface area contributed by atoms with Crippen LogP contribution >= 0.6 is 31.9 Å². The van der Waals surface area contributed by atoms with Gasteiger partial charge in [-0.3, -0.25) is 0 Å². The fraction of sp³-hybridized carbons (Fsp3) is 0.600. The maximum Gasteiger partial charge on any atom is 0.119 e. The monoisotopic (exact) mass is 374 g/mol. The fourth-order valence-electron chi connectivity index (χ4n) is 2.55. The summed E-state index contributed by atoms with van der Waals surface area (Å²) in [4.78, 5) is 0.688. The van der Waals surface area contributed by atoms with Crippen molar-refractivity contribution in [2.24, 2.45) is 5.92 Å². The minimum atomic E-state index is 0.688. The van der Waals surface area contributed by atoms with Gasteiger partial charge in [0.2, 0.25) is 0 Å². The summed E-state index contributed by atoms with van der Waals surface area (Å²) >= 11 is 7.26. The standard InChI is InChI=1S/C15H20Br2O/c16-13-7-9-14(10-8-13)18-11-3-6-15(17)12-4-1-2-5-12/h7-10,12,15H,1-6,11H2. The second kappa shape index (κ2) is 7.54. The third-order valence-electron chi connectivity index (χ3n) is 3.62. The molecule has 1 atom stereocenters. The van der Waals surface area contributed by atoms with E-state index < -0.39 is 0 Å². The lowest BCUT2D eigenvalue weighted by Crippen LogP contribution is -2.12. The molecule has 1 nitrogen and oxygen atoms in total. The van der Waals surface area contributed by atoms with E-state index >= 15 is 0 Å². The molecule has 0 N–H and O–H groups in total. The summed E-state index contributed by atoms with van der Waals surface area (Å²) in [7, 11) is 0. The number of ether oxygens (including phenoxy) is 1. The van der Waals surface area contributed by atoms with Crippen molar-refractivity contribution < 1.29 is 4.74 Å². The molecule has 0 aliphatic heterocycles. The van der Waals surface area contributed by atoms with Crippen LogP contribution < -0.4 is 4.74 Å². The minimum absolute atomic E-state index is 0.688. The van der Waals surface area contributed by atoms with E-state index in [-0.39, 0.29) is 0 Å². The molecule has 1 fully saturated rings. The largest absolute Gasteiger partial charge is 0.494 e. The van der Waals surface area contributed by atoms with Gasteiger partial charge in [0.1, 0.15) is 5.75 Å². The Morgan fingerprint density at radius 1 is 1.17 bits per heavy atom. The van der Waals surface area contributed by atoms with Gasteiger partial charge in [-0.05, 0) is 55.9 Å². The average molecular weight is 376 g/mol. The van der Waals surface area contributed by atoms with Crippen LogP contribution in [0.2, 0.25) is 0 Å². The normalized spacial score (nSPS) is 17.9. The van der Waals surface area contributed by atoms with Crippen LogP contribution in [0.3, 0.4) is 0 Å². The molecule has 0 spiro atoms. The summed E-state index contributed by atoms with van der Waals surface area (Å²) in [6.07, 6.45) is 8.00. The Labute approximate surface area is 127 Å². The van der Waals surface area contributed by atoms with E-state index in [0.717, 1.165) is 29.2 Å². The van der Waals surface area contributed by atoms with Gasteiger partial charge in [-0.1, -0.05) is 44.7 Å². The van der Waals surface area contributed by atoms with E-state index in [1.165, 1.54) is 32.1 Å². The van der Waals surface area contributed by atoms with Gasteiger partial charge in [0, 0.05) is 9.30 Å². The van der Waals surface area contributed by atoms with E-state index in [4.69, 9.17) is 4.74 Å². The lowest BCUT2D eigenvalue weighted by atomic mass is 10.0. The molecule has 0 aromatic heterocycles. The van der Waals surface area contributed by atoms with Crippen LogP contribution in [0, 0.1) is 5.92 Å². The maximum atomic E-state index is 5.73. The predicted octanol–water partition coefficient (Wildman–Crippen LogP) is 5.56. The summed E-state index contributed by atoms with van der Waals surface area (Å²) < 4.78 is 6.83. The van der Waals surface area contributed by atoms with Crippen molar-refractivity contribution in [3.8, 4) is 5.75 Å². The van der Waals surface area contributed by atoms with Gasteiger partial charge >= 0.3 is 0 Å². The molecule has 0 radical (unpaired) electrons. The van der Waals surface area contributed by atoms with Gasteiger partial charge in [-0.15, -0.1) is 0 Å². The lowest BCUT2D eigenvalue weighted by molar-refractivity contribution is 0.301. The molecule has 0 heterocycles. The minimum Gasteiger partial charge on any atom is -0.494 e. The summed E-state index contributed by atoms with van der Waals surface area (Å²) in [6, 6.07) is 8.04. The van der Waals surface area contributed by atoms with Crippen LogP contribution in [-0.4, -0.2) is 11.4 Å². The quantitative estimate of drug-likeness (QED) is 0.467. The Morgan fingerprint density at radius 3 is 2.50 bits per heavy atom. The van der Waals surface area contributed by atoms with E-state index in [9.17, 15) is 0 Å². The SMILES string of the molecule is Brc1ccc(OCCCC(Br)C2CCCC2)cc1. The predicted molar refractivity (Wildman–Crippen MR) is 83.5 cm³/mol. The molecule has 18 heavy (non-hydrogen) atoms. The van der Waals surface area contributed by atoms with E-state index in [0.29, 0.717) is 4.83 Å². The summed E-state index contributed by atoms with van der Waals surface area (Å²) in [5.41, 5.74) is 0. The maximum absolute atomic E-state index is 5.73. The Morgan fingerprint density at radius 2 is 1.83 bits per heavy atom. The Bertz CT molecular complexity index is 344. The highest BCUT2D eigenvalue weighted by Gasteiger charge is 2.22. The van der Waals surface area contributed by atoms with Crippen LogP contribution in [-0.2, 0) is 0 Å². The highest BCUT2D eigenvalue weighted by molar-refractivity contribution is 9.10. The molecule has 0 amide bonds. The van der Waals surface area contributed by atoms with Crippen molar-refractivity contribution in [2.75, 3.05) is 6.61 Å². The number of hydrogen-bond acceptors (Lipinski definition) is 1. The van der Waals surface area contributed by atoms with Crippen LogP contribution in [0.25, 0.3) is 0 Å². The first-order chi connectivity index (χ1) is 8.75. The van der Waals surface area contributed by atoms with Crippen LogP contribution in [0.1, 0.15) is 38.5 Å². The number of rotatable bonds is 6. The Balaban J connectivity index is 1.62. The highest BCUT2D eigenvalue weighted by atomic mass is 79.9. The molecule has 0 saturated heterocycles. The van der Waals surface area contributed by atoms with E-state index in [1.807, 2.05) is 24.3 Å². The molecule has 1 unspecified atom stereocenters. The summed E-state index contributed by atoms with van der Waals surface area (Å²) in [5.74, 6) is 1.86. The zero-order valence-electron chi connectivity index (χ0n) is 10.6. The van der Waals surface area contributed by atoms with E-state index in [2.05, 4.69) is 31.9 Å². The Hall–Kier alpha value is -0.0200. The molecule has 1 saturated carbocycles. The van der Waals surface area contributed by atoms with Crippen molar-refractivity contribution in [1.82, 2.24) is 0 Å². The second-order valence-electron chi connectivity index (χ2n) is 5.01. The average Bonchev–Trinajstić information content (AvgIpc) is 2.90. The summed E-state index contributed by atoms with van der Waals surface area (Å²) in [5, 5.41) is 0. The first kappa shape index (κ1) is 14.4. The zero-order chi connectivity index (χ0) is 12.8. The molecular formula is C15H20Br2O.